The van der Waals surface area contributed by atoms with Crippen LogP contribution in [0.5, 0.6) is 0 Å². The first-order chi connectivity index (χ1) is 15.9. The minimum absolute atomic E-state index is 0.169. The lowest BCUT2D eigenvalue weighted by molar-refractivity contribution is -0.120. The maximum atomic E-state index is 13.5. The molecule has 1 aliphatic rings. The summed E-state index contributed by atoms with van der Waals surface area (Å²) < 4.78 is 13.5. The number of benzene rings is 3. The van der Waals surface area contributed by atoms with Gasteiger partial charge in [-0.15, -0.1) is 0 Å². The zero-order valence-corrected chi connectivity index (χ0v) is 18.9. The largest absolute Gasteiger partial charge is 0.372 e. The summed E-state index contributed by atoms with van der Waals surface area (Å²) in [7, 11) is 0. The van der Waals surface area contributed by atoms with Crippen LogP contribution in [0.3, 0.4) is 0 Å². The van der Waals surface area contributed by atoms with Gasteiger partial charge in [-0.25, -0.2) is 9.29 Å². The van der Waals surface area contributed by atoms with Gasteiger partial charge >= 0.3 is 0 Å². The van der Waals surface area contributed by atoms with Crippen molar-refractivity contribution < 1.29 is 14.0 Å². The first-order valence-corrected chi connectivity index (χ1v) is 11.0. The van der Waals surface area contributed by atoms with Gasteiger partial charge < -0.3 is 10.2 Å². The van der Waals surface area contributed by atoms with E-state index in [1.807, 2.05) is 43.3 Å². The van der Waals surface area contributed by atoms with Gasteiger partial charge in [0.25, 0.3) is 11.8 Å². The van der Waals surface area contributed by atoms with Crippen LogP contribution >= 0.6 is 0 Å². The monoisotopic (exact) mass is 443 g/mol. The molecule has 1 heterocycles. The van der Waals surface area contributed by atoms with E-state index in [0.29, 0.717) is 16.9 Å². The molecule has 0 saturated heterocycles. The second-order valence-electron chi connectivity index (χ2n) is 7.88. The molecule has 3 aromatic carbocycles. The predicted molar refractivity (Wildman–Crippen MR) is 131 cm³/mol. The Morgan fingerprint density at radius 1 is 0.818 bits per heavy atom. The average molecular weight is 444 g/mol. The number of aryl methyl sites for hydroxylation is 1. The first kappa shape index (κ1) is 22.3. The van der Waals surface area contributed by atoms with Crippen LogP contribution in [-0.2, 0) is 9.59 Å². The van der Waals surface area contributed by atoms with Gasteiger partial charge in [0.15, 0.2) is 0 Å². The van der Waals surface area contributed by atoms with Crippen molar-refractivity contribution in [3.05, 3.63) is 95.4 Å². The molecule has 0 radical (unpaired) electrons. The third-order valence-electron chi connectivity index (χ3n) is 5.77. The fourth-order valence-corrected chi connectivity index (χ4v) is 3.95. The highest BCUT2D eigenvalue weighted by atomic mass is 19.1. The number of nitrogens with one attached hydrogen (secondary N) is 1. The van der Waals surface area contributed by atoms with Gasteiger partial charge in [0, 0.05) is 24.5 Å². The Morgan fingerprint density at radius 2 is 1.42 bits per heavy atom. The second kappa shape index (κ2) is 9.28. The summed E-state index contributed by atoms with van der Waals surface area (Å²) in [5.41, 5.74) is 4.14. The molecule has 0 fully saturated rings. The quantitative estimate of drug-likeness (QED) is 0.499. The third kappa shape index (κ3) is 4.37. The minimum atomic E-state index is -0.448. The fraction of sp³-hybridized carbons (Fsp3) is 0.185. The summed E-state index contributed by atoms with van der Waals surface area (Å²) in [6, 6.07) is 20.5. The summed E-state index contributed by atoms with van der Waals surface area (Å²) in [5, 5.41) is 3.15. The van der Waals surface area contributed by atoms with Crippen molar-refractivity contribution in [1.29, 1.82) is 0 Å². The number of amides is 2. The number of anilines is 3. The molecule has 6 heteroatoms. The van der Waals surface area contributed by atoms with Crippen molar-refractivity contribution in [3.8, 4) is 0 Å². The molecule has 0 aromatic heterocycles. The topological polar surface area (TPSA) is 52.7 Å². The molecular weight excluding hydrogens is 417 g/mol. The lowest BCUT2D eigenvalue weighted by Crippen LogP contribution is -2.32. The van der Waals surface area contributed by atoms with Crippen molar-refractivity contribution >= 4 is 34.4 Å². The number of nitrogens with zero attached hydrogens (tertiary/aromatic N) is 2. The number of imide groups is 1. The van der Waals surface area contributed by atoms with E-state index < -0.39 is 17.6 Å². The zero-order valence-electron chi connectivity index (χ0n) is 18.9. The van der Waals surface area contributed by atoms with Gasteiger partial charge in [-0.1, -0.05) is 29.8 Å². The molecule has 0 bridgehead atoms. The number of halogens is 1. The molecule has 0 spiro atoms. The Labute approximate surface area is 193 Å². The van der Waals surface area contributed by atoms with Gasteiger partial charge in [-0.3, -0.25) is 9.59 Å². The maximum Gasteiger partial charge on any atom is 0.282 e. The average Bonchev–Trinajstić information content (AvgIpc) is 3.06. The van der Waals surface area contributed by atoms with Crippen LogP contribution in [0.4, 0.5) is 21.5 Å². The van der Waals surface area contributed by atoms with E-state index in [-0.39, 0.29) is 11.3 Å². The Balaban J connectivity index is 1.73. The molecule has 5 nitrogen and oxygen atoms in total. The van der Waals surface area contributed by atoms with Crippen molar-refractivity contribution in [2.45, 2.75) is 20.8 Å². The fourth-order valence-electron chi connectivity index (χ4n) is 3.95. The van der Waals surface area contributed by atoms with E-state index >= 15 is 0 Å². The van der Waals surface area contributed by atoms with E-state index in [2.05, 4.69) is 24.1 Å². The number of carbonyl (C=O) groups is 2. The first-order valence-electron chi connectivity index (χ1n) is 11.0. The molecule has 3 aromatic rings. The molecule has 2 amide bonds. The highest BCUT2D eigenvalue weighted by Gasteiger charge is 2.40. The number of carbonyl (C=O) groups excluding carboxylic acids is 2. The van der Waals surface area contributed by atoms with Crippen LogP contribution in [0.2, 0.25) is 0 Å². The van der Waals surface area contributed by atoms with Crippen molar-refractivity contribution in [2.75, 3.05) is 28.2 Å². The highest BCUT2D eigenvalue weighted by molar-refractivity contribution is 6.46. The van der Waals surface area contributed by atoms with Crippen LogP contribution < -0.4 is 15.1 Å². The second-order valence-corrected chi connectivity index (χ2v) is 7.88. The summed E-state index contributed by atoms with van der Waals surface area (Å²) in [5.74, 6) is -1.30. The highest BCUT2D eigenvalue weighted by Crippen LogP contribution is 2.34. The lowest BCUT2D eigenvalue weighted by atomic mass is 10.0. The third-order valence-corrected chi connectivity index (χ3v) is 5.77. The SMILES string of the molecule is CCN(CC)c1ccc(NC2=C(c3ccc(F)cc3)C(=O)N(c3ccc(C)cc3)C2=O)cc1. The number of rotatable bonds is 7. The zero-order chi connectivity index (χ0) is 23.5. The Hall–Kier alpha value is -3.93. The van der Waals surface area contributed by atoms with Gasteiger partial charge in [0.1, 0.15) is 11.5 Å². The van der Waals surface area contributed by atoms with Gasteiger partial charge in [0.2, 0.25) is 0 Å². The Bertz CT molecular complexity index is 1200. The van der Waals surface area contributed by atoms with E-state index in [0.717, 1.165) is 29.2 Å². The van der Waals surface area contributed by atoms with E-state index in [4.69, 9.17) is 0 Å². The van der Waals surface area contributed by atoms with Crippen LogP contribution in [0.1, 0.15) is 25.0 Å². The molecular formula is C27H26FN3O2. The Morgan fingerprint density at radius 3 is 2.00 bits per heavy atom. The molecule has 0 unspecified atom stereocenters. The summed E-state index contributed by atoms with van der Waals surface area (Å²) >= 11 is 0. The molecule has 0 saturated carbocycles. The van der Waals surface area contributed by atoms with Gasteiger partial charge in [0.05, 0.1) is 11.3 Å². The minimum Gasteiger partial charge on any atom is -0.372 e. The normalized spacial score (nSPS) is 13.6. The standard InChI is InChI=1S/C27H26FN3O2/c1-4-30(5-2)22-16-12-21(13-17-22)29-25-24(19-8-10-20(28)11-9-19)26(32)31(27(25)33)23-14-6-18(3)7-15-23/h6-17,29H,4-5H2,1-3H3. The number of hydrogen-bond donors (Lipinski definition) is 1. The van der Waals surface area contributed by atoms with Crippen molar-refractivity contribution in [3.63, 3.8) is 0 Å². The molecule has 33 heavy (non-hydrogen) atoms. The predicted octanol–water partition coefficient (Wildman–Crippen LogP) is 5.38. The van der Waals surface area contributed by atoms with E-state index in [1.54, 1.807) is 12.1 Å². The Kier molecular flexibility index (Phi) is 6.27. The molecule has 0 aliphatic carbocycles. The van der Waals surface area contributed by atoms with Crippen LogP contribution in [0.25, 0.3) is 5.57 Å². The summed E-state index contributed by atoms with van der Waals surface area (Å²) in [6.07, 6.45) is 0. The maximum absolute atomic E-state index is 13.5. The smallest absolute Gasteiger partial charge is 0.282 e. The van der Waals surface area contributed by atoms with E-state index in [9.17, 15) is 14.0 Å². The van der Waals surface area contributed by atoms with Crippen LogP contribution in [-0.4, -0.2) is 24.9 Å². The molecule has 1 N–H and O–H groups in total. The van der Waals surface area contributed by atoms with Crippen LogP contribution in [0.15, 0.2) is 78.5 Å². The molecule has 4 rings (SSSR count). The lowest BCUT2D eigenvalue weighted by Gasteiger charge is -2.21. The van der Waals surface area contributed by atoms with Gasteiger partial charge in [-0.2, -0.15) is 0 Å². The van der Waals surface area contributed by atoms with Gasteiger partial charge in [-0.05, 0) is 74.9 Å². The van der Waals surface area contributed by atoms with Crippen molar-refractivity contribution in [1.82, 2.24) is 0 Å². The number of hydrogen-bond acceptors (Lipinski definition) is 4. The summed E-state index contributed by atoms with van der Waals surface area (Å²) in [6.45, 7) is 7.91. The van der Waals surface area contributed by atoms with Crippen LogP contribution in [0, 0.1) is 12.7 Å². The molecule has 1 aliphatic heterocycles. The molecule has 168 valence electrons. The van der Waals surface area contributed by atoms with Crippen molar-refractivity contribution in [2.24, 2.45) is 0 Å². The molecule has 0 atom stereocenters. The van der Waals surface area contributed by atoms with E-state index in [1.165, 1.54) is 24.3 Å². The summed E-state index contributed by atoms with van der Waals surface area (Å²) in [4.78, 5) is 30.2.